The smallest absolute Gasteiger partial charge is 0.329 e. The highest BCUT2D eigenvalue weighted by Crippen LogP contribution is 2.33. The fraction of sp³-hybridized carbons (Fsp3) is 0.213. The van der Waals surface area contributed by atoms with Crippen LogP contribution >= 0.6 is 31.9 Å². The van der Waals surface area contributed by atoms with Crippen LogP contribution in [0.1, 0.15) is 91.2 Å². The van der Waals surface area contributed by atoms with E-state index in [0.29, 0.717) is 5.56 Å². The molecule has 2 heterocycles. The number of ether oxygens (including phenoxy) is 1. The quantitative estimate of drug-likeness (QED) is 0.0752. The van der Waals surface area contributed by atoms with Gasteiger partial charge in [-0.05, 0) is 84.5 Å². The Kier molecular flexibility index (Phi) is 13.5. The Bertz CT molecular complexity index is 2460. The van der Waals surface area contributed by atoms with Gasteiger partial charge < -0.3 is 13.9 Å². The van der Waals surface area contributed by atoms with E-state index in [2.05, 4.69) is 31.9 Å². The first-order valence-corrected chi connectivity index (χ1v) is 20.2. The van der Waals surface area contributed by atoms with E-state index in [1.165, 1.54) is 52.9 Å². The van der Waals surface area contributed by atoms with Crippen LogP contribution in [0, 0.1) is 13.8 Å². The third-order valence-corrected chi connectivity index (χ3v) is 11.4. The number of aryl methyl sites for hydroxylation is 3. The number of ketones is 2. The molecule has 3 unspecified atom stereocenters. The van der Waals surface area contributed by atoms with Gasteiger partial charge in [0.05, 0.1) is 7.11 Å². The predicted octanol–water partition coefficient (Wildman–Crippen LogP) is 9.77. The lowest BCUT2D eigenvalue weighted by Crippen LogP contribution is -2.32. The van der Waals surface area contributed by atoms with Crippen molar-refractivity contribution in [2.75, 3.05) is 7.11 Å². The molecule has 3 atom stereocenters. The number of halogens is 2. The van der Waals surface area contributed by atoms with Crippen molar-refractivity contribution in [2.24, 2.45) is 0 Å². The second-order valence-corrected chi connectivity index (χ2v) is 16.0. The second-order valence-electron chi connectivity index (χ2n) is 14.2. The zero-order valence-electron chi connectivity index (χ0n) is 31.9. The zero-order valence-corrected chi connectivity index (χ0v) is 35.0. The van der Waals surface area contributed by atoms with Crippen molar-refractivity contribution < 1.29 is 19.1 Å². The van der Waals surface area contributed by atoms with Crippen molar-refractivity contribution in [3.05, 3.63) is 208 Å². The summed E-state index contributed by atoms with van der Waals surface area (Å²) in [6.45, 7) is 4.02. The number of methoxy groups -OCH3 is 1. The van der Waals surface area contributed by atoms with Gasteiger partial charge in [-0.25, -0.2) is 4.79 Å². The number of rotatable bonds is 15. The Morgan fingerprint density at radius 2 is 1.12 bits per heavy atom. The van der Waals surface area contributed by atoms with Gasteiger partial charge in [0.25, 0.3) is 11.1 Å². The molecule has 4 aromatic carbocycles. The molecule has 0 spiro atoms. The minimum absolute atomic E-state index is 0.00262. The lowest BCUT2D eigenvalue weighted by molar-refractivity contribution is -0.145. The van der Waals surface area contributed by atoms with Crippen LogP contribution in [0.15, 0.2) is 152 Å². The molecule has 2 aromatic heterocycles. The summed E-state index contributed by atoms with van der Waals surface area (Å²) < 4.78 is 9.54. The Balaban J connectivity index is 1.24. The lowest BCUT2D eigenvalue weighted by Gasteiger charge is -2.21. The number of hydrogen-bond acceptors (Lipinski definition) is 6. The van der Waals surface area contributed by atoms with Crippen LogP contribution in [0.3, 0.4) is 0 Å². The summed E-state index contributed by atoms with van der Waals surface area (Å²) in [5, 5.41) is 0. The summed E-state index contributed by atoms with van der Waals surface area (Å²) in [5.41, 5.74) is 5.85. The molecule has 0 saturated carbocycles. The van der Waals surface area contributed by atoms with E-state index in [0.717, 1.165) is 42.3 Å². The van der Waals surface area contributed by atoms with Gasteiger partial charge in [-0.3, -0.25) is 19.2 Å². The normalized spacial score (nSPS) is 12.7. The number of pyridine rings is 2. The Hall–Kier alpha value is -5.45. The summed E-state index contributed by atoms with van der Waals surface area (Å²) in [5.74, 6) is -1.55. The van der Waals surface area contributed by atoms with E-state index >= 15 is 0 Å². The number of Topliss-reactive ketones (excluding diaryl/α,β-unsaturated/α-hetero) is 2. The average molecular weight is 891 g/mol. The SMILES string of the molecule is COC(=O)C(CCn1cc(C(=O)CC(c2ccc(C)cc2)c2ccc(Br)cc2)ccc1=O)n1cc(C(=O)CC(c2ccc(Br)cc2)c2ccccc2C)ccc1=O. The van der Waals surface area contributed by atoms with Gasteiger partial charge in [-0.2, -0.15) is 0 Å². The van der Waals surface area contributed by atoms with Crippen LogP contribution < -0.4 is 11.1 Å². The lowest BCUT2D eigenvalue weighted by atomic mass is 9.84. The molecule has 0 radical (unpaired) electrons. The van der Waals surface area contributed by atoms with E-state index in [-0.39, 0.29) is 60.3 Å². The van der Waals surface area contributed by atoms with Crippen molar-refractivity contribution in [2.45, 2.75) is 57.5 Å². The highest BCUT2D eigenvalue weighted by atomic mass is 79.9. The molecule has 0 aliphatic rings. The zero-order chi connectivity index (χ0) is 40.6. The van der Waals surface area contributed by atoms with Gasteiger partial charge in [0.1, 0.15) is 6.04 Å². The first kappa shape index (κ1) is 41.2. The van der Waals surface area contributed by atoms with Crippen LogP contribution in [-0.2, 0) is 16.1 Å². The van der Waals surface area contributed by atoms with Crippen LogP contribution in [0.25, 0.3) is 0 Å². The fourth-order valence-corrected chi connectivity index (χ4v) is 7.69. The van der Waals surface area contributed by atoms with Gasteiger partial charge in [0.15, 0.2) is 11.6 Å². The maximum absolute atomic E-state index is 14.0. The fourth-order valence-electron chi connectivity index (χ4n) is 7.16. The van der Waals surface area contributed by atoms with Crippen molar-refractivity contribution in [1.82, 2.24) is 9.13 Å². The number of carbonyl (C=O) groups excluding carboxylic acids is 3. The molecule has 0 saturated heterocycles. The molecular formula is C47H42Br2N2O6. The molecule has 0 N–H and O–H groups in total. The number of aromatic nitrogens is 2. The molecule has 0 aliphatic heterocycles. The number of hydrogen-bond donors (Lipinski definition) is 0. The van der Waals surface area contributed by atoms with Crippen LogP contribution in [0.2, 0.25) is 0 Å². The molecule has 6 rings (SSSR count). The van der Waals surface area contributed by atoms with Crippen molar-refractivity contribution >= 4 is 49.4 Å². The Morgan fingerprint density at radius 3 is 1.70 bits per heavy atom. The topological polar surface area (TPSA) is 104 Å². The maximum atomic E-state index is 14.0. The maximum Gasteiger partial charge on any atom is 0.329 e. The molecule has 290 valence electrons. The average Bonchev–Trinajstić information content (AvgIpc) is 3.21. The summed E-state index contributed by atoms with van der Waals surface area (Å²) in [7, 11) is 1.22. The van der Waals surface area contributed by atoms with Crippen LogP contribution in [-0.4, -0.2) is 33.8 Å². The molecule has 8 nitrogen and oxygen atoms in total. The largest absolute Gasteiger partial charge is 0.467 e. The molecule has 0 amide bonds. The van der Waals surface area contributed by atoms with E-state index in [9.17, 15) is 24.0 Å². The second kappa shape index (κ2) is 18.7. The highest BCUT2D eigenvalue weighted by Gasteiger charge is 2.26. The van der Waals surface area contributed by atoms with Gasteiger partial charge in [-0.1, -0.05) is 110 Å². The number of esters is 1. The Morgan fingerprint density at radius 1 is 0.614 bits per heavy atom. The number of carbonyl (C=O) groups is 3. The van der Waals surface area contributed by atoms with Crippen molar-refractivity contribution in [1.29, 1.82) is 0 Å². The monoisotopic (exact) mass is 888 g/mol. The van der Waals surface area contributed by atoms with Gasteiger partial charge in [0, 0.05) is 75.8 Å². The number of nitrogens with zero attached hydrogens (tertiary/aromatic N) is 2. The summed E-state index contributed by atoms with van der Waals surface area (Å²) >= 11 is 6.99. The Labute approximate surface area is 348 Å². The number of benzene rings is 4. The molecule has 6 aromatic rings. The molecule has 10 heteroatoms. The first-order chi connectivity index (χ1) is 27.4. The molecule has 0 bridgehead atoms. The summed E-state index contributed by atoms with van der Waals surface area (Å²) in [4.78, 5) is 67.6. The first-order valence-electron chi connectivity index (χ1n) is 18.6. The van der Waals surface area contributed by atoms with Crippen LogP contribution in [0.4, 0.5) is 0 Å². The van der Waals surface area contributed by atoms with E-state index in [1.807, 2.05) is 111 Å². The molecule has 0 fully saturated rings. The third-order valence-electron chi connectivity index (χ3n) is 10.4. The van der Waals surface area contributed by atoms with E-state index < -0.39 is 17.6 Å². The van der Waals surface area contributed by atoms with E-state index in [1.54, 1.807) is 0 Å². The molecule has 0 aliphatic carbocycles. The minimum atomic E-state index is -1.15. The van der Waals surface area contributed by atoms with Gasteiger partial charge in [0.2, 0.25) is 0 Å². The van der Waals surface area contributed by atoms with Gasteiger partial charge in [-0.15, -0.1) is 0 Å². The summed E-state index contributed by atoms with van der Waals surface area (Å²) in [6.07, 6.45) is 3.17. The standard InChI is InChI=1S/C47H42Br2N2O6/c1-30-8-10-32(11-9-30)40(33-12-18-37(48)19-13-33)26-43(52)35-16-22-45(54)50(28-35)25-24-42(47(56)57-3)51-29-36(17-23-46(51)55)44(53)27-41(34-14-20-38(49)21-15-34)39-7-5-4-6-31(39)2/h4-23,28-29,40-42H,24-27H2,1-3H3. The summed E-state index contributed by atoms with van der Waals surface area (Å²) in [6, 6.07) is 36.2. The minimum Gasteiger partial charge on any atom is -0.467 e. The van der Waals surface area contributed by atoms with E-state index in [4.69, 9.17) is 4.74 Å². The van der Waals surface area contributed by atoms with Crippen molar-refractivity contribution in [3.8, 4) is 0 Å². The highest BCUT2D eigenvalue weighted by molar-refractivity contribution is 9.10. The molecular weight excluding hydrogens is 848 g/mol. The molecule has 57 heavy (non-hydrogen) atoms. The third kappa shape index (κ3) is 10.1. The van der Waals surface area contributed by atoms with Crippen molar-refractivity contribution in [3.63, 3.8) is 0 Å². The van der Waals surface area contributed by atoms with Gasteiger partial charge >= 0.3 is 5.97 Å². The predicted molar refractivity (Wildman–Crippen MR) is 229 cm³/mol. The van der Waals surface area contributed by atoms with Crippen LogP contribution in [0.5, 0.6) is 0 Å².